The highest BCUT2D eigenvalue weighted by molar-refractivity contribution is 5.74. The second-order valence-electron chi connectivity index (χ2n) is 5.53. The summed E-state index contributed by atoms with van der Waals surface area (Å²) in [6.07, 6.45) is 2.55. The molecule has 2 aliphatic rings. The number of urea groups is 1. The monoisotopic (exact) mass is 285 g/mol. The van der Waals surface area contributed by atoms with Gasteiger partial charge in [0.05, 0.1) is 6.10 Å². The Morgan fingerprint density at radius 2 is 2.00 bits per heavy atom. The second kappa shape index (κ2) is 6.90. The Morgan fingerprint density at radius 1 is 1.25 bits per heavy atom. The van der Waals surface area contributed by atoms with Crippen LogP contribution in [0, 0.1) is 0 Å². The summed E-state index contributed by atoms with van der Waals surface area (Å²) in [7, 11) is 2.07. The van der Waals surface area contributed by atoms with Gasteiger partial charge in [-0.25, -0.2) is 9.59 Å². The summed E-state index contributed by atoms with van der Waals surface area (Å²) in [5.41, 5.74) is 0. The van der Waals surface area contributed by atoms with Gasteiger partial charge in [0.1, 0.15) is 0 Å². The van der Waals surface area contributed by atoms with E-state index in [2.05, 4.69) is 22.6 Å². The molecular formula is C13H23N3O4. The van der Waals surface area contributed by atoms with Crippen LogP contribution >= 0.6 is 0 Å². The summed E-state index contributed by atoms with van der Waals surface area (Å²) < 4.78 is 5.32. The third-order valence-corrected chi connectivity index (χ3v) is 4.04. The van der Waals surface area contributed by atoms with Crippen molar-refractivity contribution < 1.29 is 19.4 Å². The molecule has 2 aliphatic heterocycles. The number of amides is 2. The first-order chi connectivity index (χ1) is 9.56. The maximum Gasteiger partial charge on any atom is 0.332 e. The quantitative estimate of drug-likeness (QED) is 0.662. The van der Waals surface area contributed by atoms with Crippen molar-refractivity contribution in [1.82, 2.24) is 15.5 Å². The Balaban J connectivity index is 1.60. The van der Waals surface area contributed by atoms with Gasteiger partial charge in [-0.2, -0.15) is 0 Å². The lowest BCUT2D eigenvalue weighted by molar-refractivity contribution is -0.149. The molecule has 3 N–H and O–H groups in total. The van der Waals surface area contributed by atoms with Crippen molar-refractivity contribution in [1.29, 1.82) is 0 Å². The number of nitrogens with one attached hydrogen (secondary N) is 2. The van der Waals surface area contributed by atoms with Crippen molar-refractivity contribution >= 4 is 12.0 Å². The van der Waals surface area contributed by atoms with E-state index in [0.717, 1.165) is 13.0 Å². The van der Waals surface area contributed by atoms with E-state index < -0.39 is 12.1 Å². The molecule has 3 unspecified atom stereocenters. The number of likely N-dealkylation sites (tertiary alicyclic amines) is 1. The van der Waals surface area contributed by atoms with Crippen LogP contribution in [-0.4, -0.2) is 66.9 Å². The van der Waals surface area contributed by atoms with Crippen molar-refractivity contribution in [2.45, 2.75) is 43.9 Å². The van der Waals surface area contributed by atoms with Gasteiger partial charge in [0.25, 0.3) is 0 Å². The summed E-state index contributed by atoms with van der Waals surface area (Å²) in [6, 6.07) is 0.201. The molecule has 7 nitrogen and oxygen atoms in total. The van der Waals surface area contributed by atoms with E-state index in [9.17, 15) is 9.59 Å². The topological polar surface area (TPSA) is 90.9 Å². The SMILES string of the molecule is CN1CCCC1CNC(=O)NCC1CCC(C(=O)O)O1. The number of carboxylic acid groups (broad SMARTS) is 1. The minimum atomic E-state index is -0.929. The number of carbonyl (C=O) groups is 2. The van der Waals surface area contributed by atoms with Gasteiger partial charge in [-0.3, -0.25) is 0 Å². The average molecular weight is 285 g/mol. The number of ether oxygens (including phenoxy) is 1. The van der Waals surface area contributed by atoms with E-state index in [0.29, 0.717) is 32.0 Å². The molecule has 20 heavy (non-hydrogen) atoms. The van der Waals surface area contributed by atoms with Crippen molar-refractivity contribution in [2.24, 2.45) is 0 Å². The molecular weight excluding hydrogens is 262 g/mol. The van der Waals surface area contributed by atoms with Crippen LogP contribution in [0.2, 0.25) is 0 Å². The highest BCUT2D eigenvalue weighted by Crippen LogP contribution is 2.19. The van der Waals surface area contributed by atoms with Gasteiger partial charge in [-0.1, -0.05) is 0 Å². The number of likely N-dealkylation sites (N-methyl/N-ethyl adjacent to an activating group) is 1. The van der Waals surface area contributed by atoms with Crippen molar-refractivity contribution in [2.75, 3.05) is 26.7 Å². The molecule has 0 aromatic heterocycles. The fourth-order valence-corrected chi connectivity index (χ4v) is 2.75. The minimum Gasteiger partial charge on any atom is -0.479 e. The molecule has 114 valence electrons. The predicted molar refractivity (Wildman–Crippen MR) is 72.6 cm³/mol. The highest BCUT2D eigenvalue weighted by atomic mass is 16.5. The third kappa shape index (κ3) is 4.08. The van der Waals surface area contributed by atoms with E-state index in [-0.39, 0.29) is 12.1 Å². The summed E-state index contributed by atoms with van der Waals surface area (Å²) in [5.74, 6) is -0.929. The maximum atomic E-state index is 11.7. The zero-order chi connectivity index (χ0) is 14.5. The Labute approximate surface area is 118 Å². The van der Waals surface area contributed by atoms with E-state index in [4.69, 9.17) is 9.84 Å². The molecule has 7 heteroatoms. The lowest BCUT2D eigenvalue weighted by Crippen LogP contribution is -2.44. The van der Waals surface area contributed by atoms with Crippen LogP contribution in [0.1, 0.15) is 25.7 Å². The standard InChI is InChI=1S/C13H23N3O4/c1-16-6-2-3-9(16)7-14-13(19)15-8-10-4-5-11(20-10)12(17)18/h9-11H,2-8H2,1H3,(H,17,18)(H2,14,15,19). The molecule has 2 saturated heterocycles. The fraction of sp³-hybridized carbons (Fsp3) is 0.846. The summed E-state index contributed by atoms with van der Waals surface area (Å²) in [6.45, 7) is 2.09. The molecule has 0 spiro atoms. The van der Waals surface area contributed by atoms with Crippen LogP contribution < -0.4 is 10.6 Å². The normalized spacial score (nSPS) is 30.4. The van der Waals surface area contributed by atoms with E-state index >= 15 is 0 Å². The van der Waals surface area contributed by atoms with Crippen LogP contribution in [0.15, 0.2) is 0 Å². The van der Waals surface area contributed by atoms with Gasteiger partial charge < -0.3 is 25.4 Å². The lowest BCUT2D eigenvalue weighted by Gasteiger charge is -2.20. The Bertz CT molecular complexity index is 364. The van der Waals surface area contributed by atoms with Crippen LogP contribution in [0.3, 0.4) is 0 Å². The van der Waals surface area contributed by atoms with E-state index in [1.54, 1.807) is 0 Å². The van der Waals surface area contributed by atoms with Crippen LogP contribution in [0.5, 0.6) is 0 Å². The minimum absolute atomic E-state index is 0.198. The summed E-state index contributed by atoms with van der Waals surface area (Å²) in [4.78, 5) is 24.6. The largest absolute Gasteiger partial charge is 0.479 e. The lowest BCUT2D eigenvalue weighted by atomic mass is 10.2. The zero-order valence-corrected chi connectivity index (χ0v) is 11.8. The van der Waals surface area contributed by atoms with Crippen molar-refractivity contribution in [3.05, 3.63) is 0 Å². The molecule has 2 amide bonds. The van der Waals surface area contributed by atoms with Crippen molar-refractivity contribution in [3.63, 3.8) is 0 Å². The molecule has 2 fully saturated rings. The van der Waals surface area contributed by atoms with Crippen molar-refractivity contribution in [3.8, 4) is 0 Å². The van der Waals surface area contributed by atoms with Gasteiger partial charge in [-0.05, 0) is 39.3 Å². The number of hydrogen-bond donors (Lipinski definition) is 3. The number of rotatable bonds is 5. The first-order valence-electron chi connectivity index (χ1n) is 7.16. The first-order valence-corrected chi connectivity index (χ1v) is 7.16. The van der Waals surface area contributed by atoms with E-state index in [1.165, 1.54) is 6.42 Å². The number of carbonyl (C=O) groups excluding carboxylic acids is 1. The number of nitrogens with zero attached hydrogens (tertiary/aromatic N) is 1. The van der Waals surface area contributed by atoms with Gasteiger partial charge in [-0.15, -0.1) is 0 Å². The molecule has 2 rings (SSSR count). The third-order valence-electron chi connectivity index (χ3n) is 4.04. The summed E-state index contributed by atoms with van der Waals surface area (Å²) >= 11 is 0. The zero-order valence-electron chi connectivity index (χ0n) is 11.8. The number of carboxylic acids is 1. The highest BCUT2D eigenvalue weighted by Gasteiger charge is 2.30. The van der Waals surface area contributed by atoms with Gasteiger partial charge in [0.15, 0.2) is 6.10 Å². The molecule has 0 bridgehead atoms. The van der Waals surface area contributed by atoms with Crippen LogP contribution in [0.25, 0.3) is 0 Å². The Hall–Kier alpha value is -1.34. The smallest absolute Gasteiger partial charge is 0.332 e. The molecule has 0 radical (unpaired) electrons. The van der Waals surface area contributed by atoms with Gasteiger partial charge in [0, 0.05) is 19.1 Å². The molecule has 3 atom stereocenters. The first kappa shape index (κ1) is 15.1. The molecule has 0 aliphatic carbocycles. The summed E-state index contributed by atoms with van der Waals surface area (Å²) in [5, 5.41) is 14.4. The van der Waals surface area contributed by atoms with E-state index in [1.807, 2.05) is 0 Å². The van der Waals surface area contributed by atoms with Gasteiger partial charge >= 0.3 is 12.0 Å². The molecule has 0 aromatic carbocycles. The molecule has 0 saturated carbocycles. The molecule has 2 heterocycles. The second-order valence-corrected chi connectivity index (χ2v) is 5.53. The maximum absolute atomic E-state index is 11.7. The number of aliphatic carboxylic acids is 1. The van der Waals surface area contributed by atoms with Crippen LogP contribution in [0.4, 0.5) is 4.79 Å². The number of hydrogen-bond acceptors (Lipinski definition) is 4. The molecule has 0 aromatic rings. The van der Waals surface area contributed by atoms with Crippen LogP contribution in [-0.2, 0) is 9.53 Å². The average Bonchev–Trinajstić information content (AvgIpc) is 3.03. The Morgan fingerprint density at radius 3 is 2.60 bits per heavy atom. The fourth-order valence-electron chi connectivity index (χ4n) is 2.75. The Kier molecular flexibility index (Phi) is 5.19. The van der Waals surface area contributed by atoms with Gasteiger partial charge in [0.2, 0.25) is 0 Å². The predicted octanol–water partition coefficient (Wildman–Crippen LogP) is 0.0120.